The Hall–Kier alpha value is -2.29. The fraction of sp³-hybridized carbons (Fsp3) is 0.111. The van der Waals surface area contributed by atoms with Gasteiger partial charge in [0.2, 0.25) is 15.0 Å². The lowest BCUT2D eigenvalue weighted by molar-refractivity contribution is 0.0697. The van der Waals surface area contributed by atoms with Gasteiger partial charge in [-0.3, -0.25) is 0 Å². The Labute approximate surface area is 102 Å². The molecule has 0 atom stereocenters. The molecule has 2 aromatic heterocycles. The van der Waals surface area contributed by atoms with Gasteiger partial charge in [0.05, 0.1) is 11.8 Å². The SMILES string of the molecule is CS(=O)(=O)c1nccc(-n2cc(C(=O)O)cn2)n1. The molecule has 0 aliphatic rings. The van der Waals surface area contributed by atoms with E-state index in [2.05, 4.69) is 15.1 Å². The summed E-state index contributed by atoms with van der Waals surface area (Å²) in [6, 6.07) is 1.42. The summed E-state index contributed by atoms with van der Waals surface area (Å²) < 4.78 is 23.7. The molecule has 0 unspecified atom stereocenters. The lowest BCUT2D eigenvalue weighted by Crippen LogP contribution is -2.07. The Bertz CT molecular complexity index is 707. The van der Waals surface area contributed by atoms with Gasteiger partial charge in [0.15, 0.2) is 5.82 Å². The fourth-order valence-corrected chi connectivity index (χ4v) is 1.71. The van der Waals surface area contributed by atoms with Gasteiger partial charge in [0.1, 0.15) is 0 Å². The molecule has 0 amide bonds. The summed E-state index contributed by atoms with van der Waals surface area (Å²) in [5, 5.41) is 12.2. The molecule has 0 saturated heterocycles. The Kier molecular flexibility index (Phi) is 2.83. The molecule has 0 spiro atoms. The van der Waals surface area contributed by atoms with Crippen LogP contribution in [-0.2, 0) is 9.84 Å². The van der Waals surface area contributed by atoms with Gasteiger partial charge in [-0.25, -0.2) is 22.9 Å². The zero-order chi connectivity index (χ0) is 13.3. The minimum absolute atomic E-state index is 0.0190. The summed E-state index contributed by atoms with van der Waals surface area (Å²) in [5.74, 6) is -0.948. The van der Waals surface area contributed by atoms with Crippen LogP contribution in [0.2, 0.25) is 0 Å². The van der Waals surface area contributed by atoms with Crippen LogP contribution in [0.5, 0.6) is 0 Å². The van der Waals surface area contributed by atoms with Crippen molar-refractivity contribution in [3.8, 4) is 5.82 Å². The minimum Gasteiger partial charge on any atom is -0.478 e. The number of hydrogen-bond acceptors (Lipinski definition) is 6. The Morgan fingerprint density at radius 2 is 2.17 bits per heavy atom. The molecule has 9 heteroatoms. The third-order valence-corrected chi connectivity index (χ3v) is 2.87. The summed E-state index contributed by atoms with van der Waals surface area (Å²) in [7, 11) is -3.52. The number of carboxylic acids is 1. The van der Waals surface area contributed by atoms with Gasteiger partial charge in [-0.15, -0.1) is 0 Å². The van der Waals surface area contributed by atoms with Crippen molar-refractivity contribution in [2.24, 2.45) is 0 Å². The van der Waals surface area contributed by atoms with E-state index in [-0.39, 0.29) is 16.5 Å². The highest BCUT2D eigenvalue weighted by molar-refractivity contribution is 7.90. The predicted molar refractivity (Wildman–Crippen MR) is 59.2 cm³/mol. The van der Waals surface area contributed by atoms with Gasteiger partial charge in [0.25, 0.3) is 0 Å². The second kappa shape index (κ2) is 4.18. The van der Waals surface area contributed by atoms with Crippen molar-refractivity contribution >= 4 is 15.8 Å². The van der Waals surface area contributed by atoms with Crippen LogP contribution in [0.25, 0.3) is 5.82 Å². The van der Waals surface area contributed by atoms with Crippen molar-refractivity contribution in [1.29, 1.82) is 0 Å². The number of aromatic carboxylic acids is 1. The second-order valence-electron chi connectivity index (χ2n) is 3.45. The van der Waals surface area contributed by atoms with Crippen LogP contribution in [0.15, 0.2) is 29.8 Å². The van der Waals surface area contributed by atoms with E-state index in [9.17, 15) is 13.2 Å². The summed E-state index contributed by atoms with van der Waals surface area (Å²) in [4.78, 5) is 18.1. The average molecular weight is 268 g/mol. The Balaban J connectivity index is 2.48. The van der Waals surface area contributed by atoms with E-state index in [1.807, 2.05) is 0 Å². The maximum atomic E-state index is 11.3. The van der Waals surface area contributed by atoms with Crippen molar-refractivity contribution in [3.05, 3.63) is 30.2 Å². The third kappa shape index (κ3) is 2.35. The van der Waals surface area contributed by atoms with Gasteiger partial charge >= 0.3 is 5.97 Å². The van der Waals surface area contributed by atoms with Crippen LogP contribution in [0.3, 0.4) is 0 Å². The first-order valence-electron chi connectivity index (χ1n) is 4.69. The van der Waals surface area contributed by atoms with Crippen LogP contribution >= 0.6 is 0 Å². The Morgan fingerprint density at radius 3 is 2.72 bits per heavy atom. The van der Waals surface area contributed by atoms with E-state index in [0.29, 0.717) is 0 Å². The highest BCUT2D eigenvalue weighted by Crippen LogP contribution is 2.08. The number of carbonyl (C=O) groups is 1. The number of rotatable bonds is 3. The number of hydrogen-bond donors (Lipinski definition) is 1. The topological polar surface area (TPSA) is 115 Å². The van der Waals surface area contributed by atoms with Crippen LogP contribution in [0.4, 0.5) is 0 Å². The molecule has 8 nitrogen and oxygen atoms in total. The van der Waals surface area contributed by atoms with Gasteiger partial charge in [-0.1, -0.05) is 0 Å². The smallest absolute Gasteiger partial charge is 0.338 e. The zero-order valence-electron chi connectivity index (χ0n) is 9.18. The Morgan fingerprint density at radius 1 is 1.44 bits per heavy atom. The maximum absolute atomic E-state index is 11.3. The number of sulfone groups is 1. The third-order valence-electron chi connectivity index (χ3n) is 2.01. The average Bonchev–Trinajstić information content (AvgIpc) is 2.77. The van der Waals surface area contributed by atoms with Crippen LogP contribution < -0.4 is 0 Å². The second-order valence-corrected chi connectivity index (χ2v) is 5.36. The lowest BCUT2D eigenvalue weighted by atomic mass is 10.4. The highest BCUT2D eigenvalue weighted by Gasteiger charge is 2.13. The molecular weight excluding hydrogens is 260 g/mol. The number of nitrogens with zero attached hydrogens (tertiary/aromatic N) is 4. The standard InChI is InChI=1S/C9H8N4O4S/c1-18(16,17)9-10-3-2-7(12-9)13-5-6(4-11-13)8(14)15/h2-5H,1H3,(H,14,15). The highest BCUT2D eigenvalue weighted by atomic mass is 32.2. The van der Waals surface area contributed by atoms with E-state index in [4.69, 9.17) is 5.11 Å². The van der Waals surface area contributed by atoms with E-state index >= 15 is 0 Å². The van der Waals surface area contributed by atoms with E-state index in [0.717, 1.165) is 12.5 Å². The molecule has 0 aliphatic heterocycles. The zero-order valence-corrected chi connectivity index (χ0v) is 9.99. The van der Waals surface area contributed by atoms with Crippen LogP contribution in [-0.4, -0.2) is 45.5 Å². The first kappa shape index (κ1) is 12.2. The molecule has 0 aliphatic carbocycles. The van der Waals surface area contributed by atoms with Crippen molar-refractivity contribution < 1.29 is 18.3 Å². The predicted octanol–water partition coefficient (Wildman–Crippen LogP) is -0.236. The van der Waals surface area contributed by atoms with E-state index in [1.165, 1.54) is 23.1 Å². The summed E-state index contributed by atoms with van der Waals surface area (Å²) in [5.41, 5.74) is -0.0190. The fourth-order valence-electron chi connectivity index (χ4n) is 1.20. The molecule has 0 bridgehead atoms. The largest absolute Gasteiger partial charge is 0.478 e. The quantitative estimate of drug-likeness (QED) is 0.764. The van der Waals surface area contributed by atoms with E-state index in [1.54, 1.807) is 0 Å². The van der Waals surface area contributed by atoms with Gasteiger partial charge in [-0.2, -0.15) is 10.1 Å². The molecule has 0 radical (unpaired) electrons. The molecule has 0 aromatic carbocycles. The van der Waals surface area contributed by atoms with Crippen molar-refractivity contribution in [3.63, 3.8) is 0 Å². The van der Waals surface area contributed by atoms with Gasteiger partial charge in [0, 0.05) is 24.7 Å². The maximum Gasteiger partial charge on any atom is 0.338 e. The molecule has 18 heavy (non-hydrogen) atoms. The minimum atomic E-state index is -3.52. The first-order chi connectivity index (χ1) is 8.38. The summed E-state index contributed by atoms with van der Waals surface area (Å²) in [6.07, 6.45) is 4.63. The summed E-state index contributed by atoms with van der Waals surface area (Å²) in [6.45, 7) is 0. The first-order valence-corrected chi connectivity index (χ1v) is 6.58. The van der Waals surface area contributed by atoms with Gasteiger partial charge in [-0.05, 0) is 0 Å². The van der Waals surface area contributed by atoms with Crippen molar-refractivity contribution in [1.82, 2.24) is 19.7 Å². The summed E-state index contributed by atoms with van der Waals surface area (Å²) >= 11 is 0. The number of aromatic nitrogens is 4. The van der Waals surface area contributed by atoms with Gasteiger partial charge < -0.3 is 5.11 Å². The molecule has 2 aromatic rings. The van der Waals surface area contributed by atoms with Crippen LogP contribution in [0, 0.1) is 0 Å². The normalized spacial score (nSPS) is 11.4. The van der Waals surface area contributed by atoms with Crippen molar-refractivity contribution in [2.75, 3.05) is 6.26 Å². The molecule has 1 N–H and O–H groups in total. The molecule has 2 rings (SSSR count). The van der Waals surface area contributed by atoms with Crippen LogP contribution in [0.1, 0.15) is 10.4 Å². The molecule has 0 fully saturated rings. The lowest BCUT2D eigenvalue weighted by Gasteiger charge is -2.01. The molecule has 0 saturated carbocycles. The monoisotopic (exact) mass is 268 g/mol. The van der Waals surface area contributed by atoms with Crippen molar-refractivity contribution in [2.45, 2.75) is 5.16 Å². The number of carboxylic acid groups (broad SMARTS) is 1. The molecule has 94 valence electrons. The molecular formula is C9H8N4O4S. The van der Waals surface area contributed by atoms with E-state index < -0.39 is 15.8 Å². The molecule has 2 heterocycles.